The molecule has 5 rings (SSSR count). The molecule has 4 N–H and O–H groups in total. The molecule has 2 unspecified atom stereocenters. The first kappa shape index (κ1) is 43.5. The van der Waals surface area contributed by atoms with Crippen molar-refractivity contribution < 1.29 is 23.8 Å². The molecule has 14 nitrogen and oxygen atoms in total. The molecule has 0 bridgehead atoms. The quantitative estimate of drug-likeness (QED) is 0.0782. The summed E-state index contributed by atoms with van der Waals surface area (Å²) in [5, 5.41) is 30.5. The highest BCUT2D eigenvalue weighted by Crippen LogP contribution is 2.41. The molecule has 306 valence electrons. The Morgan fingerprint density at radius 3 is 2.48 bits per heavy atom. The molecule has 1 aliphatic carbocycles. The fourth-order valence-electron chi connectivity index (χ4n) is 6.52. The van der Waals surface area contributed by atoms with Crippen LogP contribution in [0.3, 0.4) is 0 Å². The molecule has 58 heavy (non-hydrogen) atoms. The highest BCUT2D eigenvalue weighted by atomic mass is 35.5. The Balaban J connectivity index is 1.31. The van der Waals surface area contributed by atoms with Gasteiger partial charge in [-0.05, 0) is 48.3 Å². The number of ether oxygens (including phenoxy) is 3. The molecule has 0 aliphatic heterocycles. The van der Waals surface area contributed by atoms with Crippen LogP contribution in [0.2, 0.25) is 5.02 Å². The summed E-state index contributed by atoms with van der Waals surface area (Å²) >= 11 is 6.92. The average molecular weight is 810 g/mol. The van der Waals surface area contributed by atoms with Crippen molar-refractivity contribution in [2.75, 3.05) is 39.4 Å². The molecule has 4 aromatic rings. The summed E-state index contributed by atoms with van der Waals surface area (Å²) in [4.78, 5) is 26.6. The lowest BCUT2D eigenvalue weighted by Gasteiger charge is -2.40. The average Bonchev–Trinajstić information content (AvgIpc) is 3.67. The zero-order valence-corrected chi connectivity index (χ0v) is 34.3. The number of nitrogens with zero attached hydrogens (tertiary/aromatic N) is 5. The molecule has 0 saturated heterocycles. The largest absolute Gasteiger partial charge is 0.489 e. The minimum atomic E-state index is -0.852. The van der Waals surface area contributed by atoms with Gasteiger partial charge in [0.1, 0.15) is 36.4 Å². The Morgan fingerprint density at radius 1 is 0.983 bits per heavy atom. The topological polar surface area (TPSA) is 177 Å². The second kappa shape index (κ2) is 21.8. The number of benzene rings is 2. The summed E-state index contributed by atoms with van der Waals surface area (Å²) < 4.78 is 21.6. The van der Waals surface area contributed by atoms with Gasteiger partial charge in [0.25, 0.3) is 0 Å². The van der Waals surface area contributed by atoms with Crippen LogP contribution in [0.25, 0.3) is 5.57 Å². The molecule has 0 saturated carbocycles. The number of hydrogen-bond acceptors (Lipinski definition) is 11. The lowest BCUT2D eigenvalue weighted by molar-refractivity contribution is -0.119. The van der Waals surface area contributed by atoms with Crippen molar-refractivity contribution in [2.45, 2.75) is 66.0 Å². The third-order valence-electron chi connectivity index (χ3n) is 9.66. The number of rotatable bonds is 22. The first-order valence-corrected chi connectivity index (χ1v) is 19.8. The SMILES string of the molecule is CC(=O)NCCNCc1cn(CCCOC2(COc3cc(OCc4cncc(C#N)c4)c(CNCCNC(C)=O)cc3Cl)C=CC=C(c3ccccc3C)C2C)nn1. The van der Waals surface area contributed by atoms with E-state index in [4.69, 9.17) is 25.8 Å². The van der Waals surface area contributed by atoms with E-state index in [0.717, 1.165) is 28.0 Å². The summed E-state index contributed by atoms with van der Waals surface area (Å²) in [5.41, 5.74) is 5.38. The van der Waals surface area contributed by atoms with Gasteiger partial charge in [-0.3, -0.25) is 19.3 Å². The minimum Gasteiger partial charge on any atom is -0.489 e. The van der Waals surface area contributed by atoms with Crippen LogP contribution in [0.15, 0.2) is 79.3 Å². The lowest BCUT2D eigenvalue weighted by Crippen LogP contribution is -2.45. The Labute approximate surface area is 345 Å². The molecule has 2 atom stereocenters. The maximum Gasteiger partial charge on any atom is 0.216 e. The molecule has 2 amide bonds. The van der Waals surface area contributed by atoms with E-state index in [0.29, 0.717) is 80.9 Å². The zero-order chi connectivity index (χ0) is 41.3. The number of nitriles is 1. The number of hydrogen-bond donors (Lipinski definition) is 4. The number of nitrogens with one attached hydrogen (secondary N) is 4. The number of amides is 2. The molecule has 2 aromatic heterocycles. The van der Waals surface area contributed by atoms with Gasteiger partial charge in [0, 0.05) is 108 Å². The fourth-order valence-corrected chi connectivity index (χ4v) is 6.76. The van der Waals surface area contributed by atoms with Crippen molar-refractivity contribution >= 4 is 29.0 Å². The highest BCUT2D eigenvalue weighted by molar-refractivity contribution is 6.32. The summed E-state index contributed by atoms with van der Waals surface area (Å²) in [6.45, 7) is 11.8. The van der Waals surface area contributed by atoms with Crippen molar-refractivity contribution in [3.63, 3.8) is 0 Å². The number of carbonyl (C=O) groups excluding carboxylic acids is 2. The summed E-state index contributed by atoms with van der Waals surface area (Å²) in [7, 11) is 0. The van der Waals surface area contributed by atoms with Crippen molar-refractivity contribution in [1.29, 1.82) is 5.26 Å². The van der Waals surface area contributed by atoms with Crippen molar-refractivity contribution in [3.05, 3.63) is 118 Å². The molecule has 0 radical (unpaired) electrons. The van der Waals surface area contributed by atoms with E-state index < -0.39 is 5.60 Å². The van der Waals surface area contributed by atoms with Gasteiger partial charge in [0.2, 0.25) is 11.8 Å². The maximum atomic E-state index is 11.3. The van der Waals surface area contributed by atoms with Crippen molar-refractivity contribution in [3.8, 4) is 17.6 Å². The molecular weight excluding hydrogens is 758 g/mol. The second-order valence-corrected chi connectivity index (χ2v) is 14.5. The van der Waals surface area contributed by atoms with Crippen LogP contribution in [0.4, 0.5) is 0 Å². The number of carbonyl (C=O) groups is 2. The number of allylic oxidation sites excluding steroid dienone is 2. The van der Waals surface area contributed by atoms with E-state index in [-0.39, 0.29) is 30.9 Å². The Hall–Kier alpha value is -5.59. The first-order valence-electron chi connectivity index (χ1n) is 19.4. The molecule has 0 fully saturated rings. The first-order chi connectivity index (χ1) is 28.1. The van der Waals surface area contributed by atoms with Crippen LogP contribution in [0.5, 0.6) is 11.5 Å². The molecule has 2 heterocycles. The third-order valence-corrected chi connectivity index (χ3v) is 9.95. The van der Waals surface area contributed by atoms with E-state index in [9.17, 15) is 14.9 Å². The van der Waals surface area contributed by atoms with E-state index in [1.807, 2.05) is 30.5 Å². The predicted octanol–water partition coefficient (Wildman–Crippen LogP) is 5.05. The molecular formula is C43H52ClN9O5. The van der Waals surface area contributed by atoms with Gasteiger partial charge >= 0.3 is 0 Å². The summed E-state index contributed by atoms with van der Waals surface area (Å²) in [5.74, 6) is 0.725. The number of aromatic nitrogens is 4. The number of pyridine rings is 1. The Kier molecular flexibility index (Phi) is 16.4. The number of halogens is 1. The van der Waals surface area contributed by atoms with Gasteiger partial charge in [-0.25, -0.2) is 0 Å². The van der Waals surface area contributed by atoms with E-state index in [2.05, 4.69) is 80.8 Å². The molecule has 1 aliphatic rings. The third kappa shape index (κ3) is 12.7. The fraction of sp³-hybridized carbons (Fsp3) is 0.395. The van der Waals surface area contributed by atoms with Crippen molar-refractivity contribution in [2.24, 2.45) is 5.92 Å². The highest BCUT2D eigenvalue weighted by Gasteiger charge is 2.40. The van der Waals surface area contributed by atoms with Gasteiger partial charge in [-0.15, -0.1) is 5.10 Å². The van der Waals surface area contributed by atoms with Crippen LogP contribution in [0, 0.1) is 24.2 Å². The lowest BCUT2D eigenvalue weighted by atomic mass is 9.76. The van der Waals surface area contributed by atoms with Gasteiger partial charge < -0.3 is 35.5 Å². The second-order valence-electron chi connectivity index (χ2n) is 14.1. The van der Waals surface area contributed by atoms with E-state index >= 15 is 0 Å². The predicted molar refractivity (Wildman–Crippen MR) is 222 cm³/mol. The van der Waals surface area contributed by atoms with Gasteiger partial charge in [-0.1, -0.05) is 60.2 Å². The smallest absolute Gasteiger partial charge is 0.216 e. The number of aryl methyl sites for hydroxylation is 2. The maximum absolute atomic E-state index is 11.3. The van der Waals surface area contributed by atoms with Gasteiger partial charge in [0.15, 0.2) is 0 Å². The Bertz CT molecular complexity index is 2110. The Morgan fingerprint density at radius 2 is 1.74 bits per heavy atom. The van der Waals surface area contributed by atoms with Crippen LogP contribution in [0.1, 0.15) is 60.7 Å². The monoisotopic (exact) mass is 809 g/mol. The standard InChI is InChI=1S/C43H52ClN9O5/c1-30-9-5-6-10-38(30)39-11-7-12-43(31(39)2,58-18-8-17-53-27-37(51-52-53)26-47-14-16-50-33(4)55)29-57-42-21-41(56-28-35-19-34(22-45)23-48-24-35)36(20-40(42)44)25-46-13-15-49-32(3)54/h5-7,9-12,19-21,23-24,27,31,46-47H,8,13-18,25-26,28-29H2,1-4H3,(H,49,54)(H,50,55). The van der Waals surface area contributed by atoms with Gasteiger partial charge in [0.05, 0.1) is 16.3 Å². The van der Waals surface area contributed by atoms with E-state index in [1.54, 1.807) is 23.0 Å². The molecule has 2 aromatic carbocycles. The van der Waals surface area contributed by atoms with Crippen LogP contribution < -0.4 is 30.7 Å². The van der Waals surface area contributed by atoms with Crippen LogP contribution >= 0.6 is 11.6 Å². The zero-order valence-electron chi connectivity index (χ0n) is 33.5. The van der Waals surface area contributed by atoms with Crippen molar-refractivity contribution in [1.82, 2.24) is 41.2 Å². The van der Waals surface area contributed by atoms with E-state index in [1.165, 1.54) is 25.6 Å². The molecule has 0 spiro atoms. The minimum absolute atomic E-state index is 0.0587. The van der Waals surface area contributed by atoms with Crippen LogP contribution in [-0.4, -0.2) is 76.8 Å². The summed E-state index contributed by atoms with van der Waals surface area (Å²) in [6, 6.07) is 15.8. The molecule has 15 heteroatoms. The van der Waals surface area contributed by atoms with Crippen LogP contribution in [-0.2, 0) is 40.6 Å². The normalized spacial score (nSPS) is 16.0. The van der Waals surface area contributed by atoms with Gasteiger partial charge in [-0.2, -0.15) is 5.26 Å². The summed E-state index contributed by atoms with van der Waals surface area (Å²) in [6.07, 6.45) is 12.0.